The number of halogens is 1. The summed E-state index contributed by atoms with van der Waals surface area (Å²) >= 11 is 0. The summed E-state index contributed by atoms with van der Waals surface area (Å²) < 4.78 is 19.1. The van der Waals surface area contributed by atoms with Crippen molar-refractivity contribution in [1.29, 1.82) is 0 Å². The van der Waals surface area contributed by atoms with Crippen molar-refractivity contribution >= 4 is 36.8 Å². The zero-order valence-corrected chi connectivity index (χ0v) is 19.6. The van der Waals surface area contributed by atoms with Crippen LogP contribution in [0.15, 0.2) is 36.5 Å². The van der Waals surface area contributed by atoms with Crippen LogP contribution in [0.4, 0.5) is 20.7 Å². The van der Waals surface area contributed by atoms with E-state index in [0.717, 1.165) is 11.8 Å². The Morgan fingerprint density at radius 1 is 1.19 bits per heavy atom. The summed E-state index contributed by atoms with van der Waals surface area (Å²) in [5.74, 6) is -1.05. The molecule has 1 fully saturated rings. The van der Waals surface area contributed by atoms with Gasteiger partial charge in [0.1, 0.15) is 0 Å². The van der Waals surface area contributed by atoms with E-state index < -0.39 is 19.9 Å². The molecule has 3 rings (SSSR count). The number of carbonyl (C=O) groups excluding carboxylic acids is 2. The fraction of sp³-hybridized carbons (Fsp3) is 0.409. The number of amides is 2. The molecule has 2 aromatic rings. The second kappa shape index (κ2) is 9.05. The summed E-state index contributed by atoms with van der Waals surface area (Å²) in [5, 5.41) is 4.29. The summed E-state index contributed by atoms with van der Waals surface area (Å²) in [6, 6.07) is 8.84. The van der Waals surface area contributed by atoms with Gasteiger partial charge in [0.25, 0.3) is 0 Å². The zero-order chi connectivity index (χ0) is 22.8. The number of anilines is 2. The van der Waals surface area contributed by atoms with Gasteiger partial charge >= 0.3 is 12.0 Å². The fourth-order valence-electron chi connectivity index (χ4n) is 3.59. The van der Waals surface area contributed by atoms with Gasteiger partial charge in [-0.15, -0.1) is 0 Å². The van der Waals surface area contributed by atoms with Crippen LogP contribution < -0.4 is 15.4 Å². The molecule has 1 aromatic heterocycles. The van der Waals surface area contributed by atoms with Crippen LogP contribution in [-0.2, 0) is 4.74 Å². The molecule has 0 aliphatic carbocycles. The van der Waals surface area contributed by atoms with Crippen molar-refractivity contribution in [3.8, 4) is 0 Å². The van der Waals surface area contributed by atoms with Gasteiger partial charge < -0.3 is 19.9 Å². The van der Waals surface area contributed by atoms with E-state index in [0.29, 0.717) is 19.6 Å². The molecule has 0 radical (unpaired) electrons. The van der Waals surface area contributed by atoms with E-state index in [4.69, 9.17) is 0 Å². The summed E-state index contributed by atoms with van der Waals surface area (Å²) in [6.07, 6.45) is 1.30. The number of nitrogens with one attached hydrogen (secondary N) is 1. The Balaban J connectivity index is 1.63. The maximum atomic E-state index is 14.5. The number of ether oxygens (including phenoxy) is 1. The number of nitrogens with zero attached hydrogens (tertiary/aromatic N) is 3. The first-order chi connectivity index (χ1) is 14.6. The second-order valence-electron chi connectivity index (χ2n) is 8.77. The molecule has 9 heteroatoms. The van der Waals surface area contributed by atoms with Crippen LogP contribution in [0.3, 0.4) is 0 Å². The molecular weight excluding hydrogens is 415 g/mol. The highest BCUT2D eigenvalue weighted by atomic mass is 28.3. The van der Waals surface area contributed by atoms with Gasteiger partial charge in [0, 0.05) is 37.6 Å². The number of aromatic nitrogens is 1. The molecule has 1 atom stereocenters. The Morgan fingerprint density at radius 3 is 2.42 bits per heavy atom. The quantitative estimate of drug-likeness (QED) is 0.579. The topological polar surface area (TPSA) is 74.8 Å². The third-order valence-corrected chi connectivity index (χ3v) is 7.50. The van der Waals surface area contributed by atoms with Gasteiger partial charge in [0.15, 0.2) is 11.6 Å². The van der Waals surface area contributed by atoms with Gasteiger partial charge in [0.2, 0.25) is 0 Å². The fourth-order valence-corrected chi connectivity index (χ4v) is 4.76. The van der Waals surface area contributed by atoms with Crippen molar-refractivity contribution in [2.75, 3.05) is 37.0 Å². The predicted octanol–water partition coefficient (Wildman–Crippen LogP) is 3.30. The molecule has 0 saturated carbocycles. The van der Waals surface area contributed by atoms with Crippen LogP contribution in [0.2, 0.25) is 19.6 Å². The van der Waals surface area contributed by atoms with E-state index in [-0.39, 0.29) is 23.5 Å². The molecule has 1 unspecified atom stereocenters. The van der Waals surface area contributed by atoms with Crippen LogP contribution in [0.25, 0.3) is 0 Å². The van der Waals surface area contributed by atoms with Crippen molar-refractivity contribution in [1.82, 2.24) is 9.88 Å². The molecule has 2 amide bonds. The average Bonchev–Trinajstić information content (AvgIpc) is 2.72. The van der Waals surface area contributed by atoms with E-state index in [1.54, 1.807) is 9.80 Å². The number of esters is 1. The molecule has 31 heavy (non-hydrogen) atoms. The number of pyridine rings is 1. The van der Waals surface area contributed by atoms with E-state index in [2.05, 4.69) is 46.8 Å². The van der Waals surface area contributed by atoms with E-state index in [1.165, 1.54) is 18.5 Å². The second-order valence-corrected chi connectivity index (χ2v) is 13.8. The van der Waals surface area contributed by atoms with Crippen molar-refractivity contribution in [3.63, 3.8) is 0 Å². The number of hydrogen-bond acceptors (Lipinski definition) is 5. The molecular formula is C22H29FN4O3Si. The third-order valence-electron chi connectivity index (χ3n) is 5.43. The Kier molecular flexibility index (Phi) is 6.64. The smallest absolute Gasteiger partial charge is 0.339 e. The van der Waals surface area contributed by atoms with Gasteiger partial charge in [-0.2, -0.15) is 0 Å². The first-order valence-electron chi connectivity index (χ1n) is 10.3. The van der Waals surface area contributed by atoms with Crippen molar-refractivity contribution in [2.24, 2.45) is 0 Å². The van der Waals surface area contributed by atoms with Crippen molar-refractivity contribution in [3.05, 3.63) is 47.9 Å². The van der Waals surface area contributed by atoms with Crippen molar-refractivity contribution in [2.45, 2.75) is 32.6 Å². The molecule has 0 bridgehead atoms. The number of hydrogen-bond donors (Lipinski definition) is 1. The minimum atomic E-state index is -1.39. The Labute approximate surface area is 183 Å². The Morgan fingerprint density at radius 2 is 1.87 bits per heavy atom. The van der Waals surface area contributed by atoms with Crippen molar-refractivity contribution < 1.29 is 18.7 Å². The molecule has 1 saturated heterocycles. The number of carbonyl (C=O) groups is 2. The Hall–Kier alpha value is -2.94. The molecule has 1 N–H and O–H groups in total. The van der Waals surface area contributed by atoms with E-state index in [1.807, 2.05) is 19.1 Å². The maximum Gasteiger partial charge on any atom is 0.339 e. The number of benzene rings is 1. The molecule has 1 aliphatic heterocycles. The Bertz CT molecular complexity index is 962. The molecule has 1 aromatic carbocycles. The lowest BCUT2D eigenvalue weighted by molar-refractivity contribution is 0.0599. The van der Waals surface area contributed by atoms with Crippen LogP contribution in [0.5, 0.6) is 0 Å². The number of piperazine rings is 1. The van der Waals surface area contributed by atoms with Crippen LogP contribution >= 0.6 is 0 Å². The van der Waals surface area contributed by atoms with E-state index >= 15 is 0 Å². The van der Waals surface area contributed by atoms with Crippen LogP contribution in [-0.4, -0.2) is 62.7 Å². The standard InChI is InChI=1S/C22H29FN4O3Si/c1-15-14-26(20-19(23)12-16(13-24-20)21(28)30-2)10-11-27(15)22(29)25-17-6-8-18(9-7-17)31(3,4)5/h6-9,12-13,15H,10-11,14H2,1-5H3,(H,25,29). The largest absolute Gasteiger partial charge is 0.465 e. The number of urea groups is 1. The highest BCUT2D eigenvalue weighted by molar-refractivity contribution is 6.88. The van der Waals surface area contributed by atoms with E-state index in [9.17, 15) is 14.0 Å². The van der Waals surface area contributed by atoms with Gasteiger partial charge in [-0.3, -0.25) is 0 Å². The minimum Gasteiger partial charge on any atom is -0.465 e. The monoisotopic (exact) mass is 444 g/mol. The highest BCUT2D eigenvalue weighted by Crippen LogP contribution is 2.22. The average molecular weight is 445 g/mol. The normalized spacial score (nSPS) is 16.8. The van der Waals surface area contributed by atoms with Gasteiger partial charge in [-0.25, -0.2) is 19.0 Å². The van der Waals surface area contributed by atoms with Gasteiger partial charge in [-0.1, -0.05) is 37.0 Å². The minimum absolute atomic E-state index is 0.0648. The number of methoxy groups -OCH3 is 1. The van der Waals surface area contributed by atoms with Gasteiger partial charge in [0.05, 0.1) is 20.7 Å². The maximum absolute atomic E-state index is 14.5. The molecule has 2 heterocycles. The molecule has 1 aliphatic rings. The molecule has 0 spiro atoms. The lowest BCUT2D eigenvalue weighted by atomic mass is 10.2. The van der Waals surface area contributed by atoms with Crippen LogP contribution in [0, 0.1) is 5.82 Å². The first kappa shape index (κ1) is 22.7. The first-order valence-corrected chi connectivity index (χ1v) is 13.8. The predicted molar refractivity (Wildman–Crippen MR) is 122 cm³/mol. The molecule has 166 valence electrons. The highest BCUT2D eigenvalue weighted by Gasteiger charge is 2.29. The van der Waals surface area contributed by atoms with Gasteiger partial charge in [-0.05, 0) is 25.1 Å². The lowest BCUT2D eigenvalue weighted by Gasteiger charge is -2.40. The zero-order valence-electron chi connectivity index (χ0n) is 18.6. The molecule has 7 nitrogen and oxygen atoms in total. The summed E-state index contributed by atoms with van der Waals surface area (Å²) in [6.45, 7) is 10.1. The summed E-state index contributed by atoms with van der Waals surface area (Å²) in [4.78, 5) is 32.0. The summed E-state index contributed by atoms with van der Waals surface area (Å²) in [5.41, 5.74) is 0.822. The number of rotatable bonds is 4. The summed E-state index contributed by atoms with van der Waals surface area (Å²) in [7, 11) is -0.150. The third kappa shape index (κ3) is 5.22. The van der Waals surface area contributed by atoms with Crippen LogP contribution in [0.1, 0.15) is 17.3 Å². The lowest BCUT2D eigenvalue weighted by Crippen LogP contribution is -2.55. The SMILES string of the molecule is COC(=O)c1cnc(N2CCN(C(=O)Nc3ccc([Si](C)(C)C)cc3)C(C)C2)c(F)c1.